The summed E-state index contributed by atoms with van der Waals surface area (Å²) in [5.41, 5.74) is 0.0666. The van der Waals surface area contributed by atoms with Crippen LogP contribution in [0.25, 0.3) is 0 Å². The number of hydrogen-bond donors (Lipinski definition) is 4. The predicted octanol–water partition coefficient (Wildman–Crippen LogP) is -0.178. The number of para-hydroxylation sites is 1. The van der Waals surface area contributed by atoms with Crippen molar-refractivity contribution in [3.05, 3.63) is 27.3 Å². The molecule has 17 heavy (non-hydrogen) atoms. The fraction of sp³-hybridized carbons (Fsp3) is 0. The molecule has 0 aliphatic carbocycles. The Balaban J connectivity index is 0. The van der Waals surface area contributed by atoms with Crippen molar-refractivity contribution >= 4 is 66.6 Å². The number of halogens is 2. The fourth-order valence-electron chi connectivity index (χ4n) is 0.756. The van der Waals surface area contributed by atoms with Crippen molar-refractivity contribution in [2.45, 2.75) is 0 Å². The molecule has 0 spiro atoms. The molecule has 1 rings (SSSR count). The van der Waals surface area contributed by atoms with Crippen molar-refractivity contribution in [3.8, 4) is 5.75 Å². The first kappa shape index (κ1) is 19.4. The molecule has 90 valence electrons. The fourth-order valence-corrected chi connectivity index (χ4v) is 1.66. The Morgan fingerprint density at radius 1 is 1.35 bits per heavy atom. The standard InChI is InChI=1S/C7H4ClIO3.BH3O3.Li.H/c8-12-6-4(7(10)11)2-1-3-5(6)9;2-1(3)4;;/h1-3H,(H,10,11);2-4H;;. The van der Waals surface area contributed by atoms with Gasteiger partial charge in [-0.15, -0.1) is 0 Å². The van der Waals surface area contributed by atoms with Crippen LogP contribution in [0.5, 0.6) is 5.75 Å². The van der Waals surface area contributed by atoms with E-state index in [1.165, 1.54) is 6.07 Å². The molecule has 0 heterocycles. The Bertz CT molecular complexity index is 363. The second-order valence-electron chi connectivity index (χ2n) is 2.35. The van der Waals surface area contributed by atoms with Crippen LogP contribution in [0.15, 0.2) is 18.2 Å². The van der Waals surface area contributed by atoms with Gasteiger partial charge in [-0.05, 0) is 34.7 Å². The third kappa shape index (κ3) is 7.88. The van der Waals surface area contributed by atoms with Gasteiger partial charge in [0.05, 0.1) is 3.57 Å². The van der Waals surface area contributed by atoms with E-state index in [-0.39, 0.29) is 30.2 Å². The van der Waals surface area contributed by atoms with E-state index in [0.29, 0.717) is 3.57 Å². The summed E-state index contributed by atoms with van der Waals surface area (Å²) < 4.78 is 5.09. The van der Waals surface area contributed by atoms with Crippen LogP contribution >= 0.6 is 34.5 Å². The van der Waals surface area contributed by atoms with E-state index in [2.05, 4.69) is 4.29 Å². The number of benzene rings is 1. The number of aromatic carboxylic acids is 1. The average Bonchev–Trinajstić information content (AvgIpc) is 2.16. The number of carbonyl (C=O) groups is 1. The van der Waals surface area contributed by atoms with Gasteiger partial charge in [0.2, 0.25) is 0 Å². The molecular weight excluding hydrogens is 360 g/mol. The summed E-state index contributed by atoms with van der Waals surface area (Å²) in [5, 5.41) is 30.2. The van der Waals surface area contributed by atoms with E-state index in [4.69, 9.17) is 32.0 Å². The molecule has 1 aromatic carbocycles. The Labute approximate surface area is 128 Å². The van der Waals surface area contributed by atoms with E-state index in [1.54, 1.807) is 12.1 Å². The third-order valence-corrected chi connectivity index (χ3v) is 2.28. The molecule has 4 N–H and O–H groups in total. The van der Waals surface area contributed by atoms with Crippen molar-refractivity contribution in [2.24, 2.45) is 0 Å². The van der Waals surface area contributed by atoms with E-state index >= 15 is 0 Å². The summed E-state index contributed by atoms with van der Waals surface area (Å²) in [5.74, 6) is -0.864. The van der Waals surface area contributed by atoms with Gasteiger partial charge in [-0.3, -0.25) is 0 Å². The van der Waals surface area contributed by atoms with Gasteiger partial charge in [-0.2, -0.15) is 0 Å². The van der Waals surface area contributed by atoms with Crippen molar-refractivity contribution in [1.29, 1.82) is 0 Å². The van der Waals surface area contributed by atoms with Crippen molar-refractivity contribution < 1.29 is 29.3 Å². The molecular formula is C7H8BClILiO6. The first-order valence-electron chi connectivity index (χ1n) is 3.74. The maximum atomic E-state index is 10.6. The average molecular weight is 368 g/mol. The zero-order valence-electron chi connectivity index (χ0n) is 7.67. The van der Waals surface area contributed by atoms with Crippen LogP contribution in [-0.4, -0.2) is 52.3 Å². The van der Waals surface area contributed by atoms with E-state index in [9.17, 15) is 4.79 Å². The van der Waals surface area contributed by atoms with Gasteiger partial charge in [0.15, 0.2) is 5.75 Å². The SMILES string of the molecule is O=C(O)c1cccc(I)c1OCl.OB(O)O.[LiH]. The Morgan fingerprint density at radius 3 is 2.12 bits per heavy atom. The molecule has 0 radical (unpaired) electrons. The van der Waals surface area contributed by atoms with Crippen LogP contribution in [-0.2, 0) is 0 Å². The molecule has 0 amide bonds. The molecule has 0 atom stereocenters. The number of carboxylic acids is 1. The molecule has 6 nitrogen and oxygen atoms in total. The number of carboxylic acid groups (broad SMARTS) is 1. The van der Waals surface area contributed by atoms with Gasteiger partial charge < -0.3 is 24.5 Å². The van der Waals surface area contributed by atoms with Gasteiger partial charge in [0.25, 0.3) is 0 Å². The zero-order valence-corrected chi connectivity index (χ0v) is 10.6. The summed E-state index contributed by atoms with van der Waals surface area (Å²) in [4.78, 5) is 10.6. The van der Waals surface area contributed by atoms with Gasteiger partial charge in [0.1, 0.15) is 17.4 Å². The molecule has 0 saturated carbocycles. The number of hydrogen-bond acceptors (Lipinski definition) is 5. The second-order valence-corrected chi connectivity index (χ2v) is 3.66. The molecule has 10 heteroatoms. The van der Waals surface area contributed by atoms with Crippen molar-refractivity contribution in [1.82, 2.24) is 0 Å². The van der Waals surface area contributed by atoms with E-state index < -0.39 is 13.3 Å². The molecule has 0 fully saturated rings. The Kier molecular flexibility index (Phi) is 11.4. The normalized spacial score (nSPS) is 8.29. The van der Waals surface area contributed by atoms with Crippen LogP contribution in [0.4, 0.5) is 0 Å². The monoisotopic (exact) mass is 368 g/mol. The number of rotatable bonds is 2. The molecule has 0 aliphatic rings. The topological polar surface area (TPSA) is 107 Å². The predicted molar refractivity (Wildman–Crippen MR) is 72.2 cm³/mol. The maximum absolute atomic E-state index is 10.6. The molecule has 0 saturated heterocycles. The van der Waals surface area contributed by atoms with Gasteiger partial charge in [0, 0.05) is 0 Å². The van der Waals surface area contributed by atoms with Gasteiger partial charge in [-0.1, -0.05) is 6.07 Å². The molecule has 0 bridgehead atoms. The van der Waals surface area contributed by atoms with Crippen molar-refractivity contribution in [2.75, 3.05) is 0 Å². The molecule has 0 unspecified atom stereocenters. The minimum absolute atomic E-state index is 0. The summed E-state index contributed by atoms with van der Waals surface area (Å²) in [6, 6.07) is 4.78. The summed E-state index contributed by atoms with van der Waals surface area (Å²) in [7, 11) is -2.17. The van der Waals surface area contributed by atoms with Crippen LogP contribution in [0.1, 0.15) is 10.4 Å². The molecule has 0 aromatic heterocycles. The summed E-state index contributed by atoms with van der Waals surface area (Å²) >= 11 is 7.06. The van der Waals surface area contributed by atoms with Crippen LogP contribution in [0, 0.1) is 3.57 Å². The van der Waals surface area contributed by atoms with E-state index in [0.717, 1.165) is 0 Å². The third-order valence-electron chi connectivity index (χ3n) is 1.27. The minimum atomic E-state index is -2.17. The zero-order chi connectivity index (χ0) is 12.7. The van der Waals surface area contributed by atoms with Crippen LogP contribution in [0.3, 0.4) is 0 Å². The van der Waals surface area contributed by atoms with Crippen LogP contribution < -0.4 is 4.29 Å². The first-order chi connectivity index (χ1) is 7.40. The Morgan fingerprint density at radius 2 is 1.82 bits per heavy atom. The van der Waals surface area contributed by atoms with E-state index in [1.807, 2.05) is 22.6 Å². The molecule has 1 aromatic rings. The van der Waals surface area contributed by atoms with Gasteiger partial charge >= 0.3 is 32.2 Å². The quantitative estimate of drug-likeness (QED) is 0.426. The Hall–Kier alpha value is 0.0523. The van der Waals surface area contributed by atoms with Crippen molar-refractivity contribution in [3.63, 3.8) is 0 Å². The summed E-state index contributed by atoms with van der Waals surface area (Å²) in [6.07, 6.45) is 0. The summed E-state index contributed by atoms with van der Waals surface area (Å²) in [6.45, 7) is 0. The molecule has 0 aliphatic heterocycles. The first-order valence-corrected chi connectivity index (χ1v) is 5.13. The van der Waals surface area contributed by atoms with Gasteiger partial charge in [-0.25, -0.2) is 4.79 Å². The van der Waals surface area contributed by atoms with Crippen LogP contribution in [0.2, 0.25) is 0 Å². The second kappa shape index (κ2) is 10.0.